The molecule has 0 saturated carbocycles. The molecule has 1 aromatic rings. The summed E-state index contributed by atoms with van der Waals surface area (Å²) in [6, 6.07) is 5.76. The summed E-state index contributed by atoms with van der Waals surface area (Å²) in [4.78, 5) is 11.8. The van der Waals surface area contributed by atoms with Gasteiger partial charge in [0.05, 0.1) is 19.6 Å². The summed E-state index contributed by atoms with van der Waals surface area (Å²) in [5.74, 6) is 5.78. The first-order chi connectivity index (χ1) is 9.71. The Morgan fingerprint density at radius 1 is 1.40 bits per heavy atom. The molecule has 20 heavy (non-hydrogen) atoms. The first-order valence-corrected chi connectivity index (χ1v) is 6.90. The number of ether oxygens (including phenoxy) is 1. The van der Waals surface area contributed by atoms with Crippen molar-refractivity contribution in [2.24, 2.45) is 5.73 Å². The van der Waals surface area contributed by atoms with Gasteiger partial charge in [-0.2, -0.15) is 0 Å². The van der Waals surface area contributed by atoms with Crippen LogP contribution in [0.5, 0.6) is 0 Å². The van der Waals surface area contributed by atoms with Crippen LogP contribution in [0.1, 0.15) is 31.4 Å². The van der Waals surface area contributed by atoms with Gasteiger partial charge >= 0.3 is 0 Å². The number of hydrogen-bond donors (Lipinski definition) is 2. The van der Waals surface area contributed by atoms with Crippen molar-refractivity contribution in [3.8, 4) is 11.8 Å². The summed E-state index contributed by atoms with van der Waals surface area (Å²) in [5.41, 5.74) is 8.18. The number of hydrogen-bond acceptors (Lipinski definition) is 3. The van der Waals surface area contributed by atoms with Crippen molar-refractivity contribution in [3.05, 3.63) is 29.3 Å². The van der Waals surface area contributed by atoms with Crippen LogP contribution in [0, 0.1) is 11.8 Å². The predicted octanol–water partition coefficient (Wildman–Crippen LogP) is 1.92. The van der Waals surface area contributed by atoms with Crippen LogP contribution in [-0.4, -0.2) is 25.7 Å². The van der Waals surface area contributed by atoms with Gasteiger partial charge in [0.2, 0.25) is 5.91 Å². The molecule has 0 fully saturated rings. The van der Waals surface area contributed by atoms with Crippen molar-refractivity contribution in [1.82, 2.24) is 0 Å². The Morgan fingerprint density at radius 3 is 2.85 bits per heavy atom. The Labute approximate surface area is 120 Å². The van der Waals surface area contributed by atoms with Crippen LogP contribution in [0.4, 0.5) is 5.69 Å². The molecule has 0 unspecified atom stereocenters. The van der Waals surface area contributed by atoms with E-state index in [9.17, 15) is 4.79 Å². The number of carbonyl (C=O) groups excluding carboxylic acids is 1. The van der Waals surface area contributed by atoms with Crippen molar-refractivity contribution in [1.29, 1.82) is 0 Å². The second-order valence-electron chi connectivity index (χ2n) is 4.23. The molecule has 0 bridgehead atoms. The first kappa shape index (κ1) is 16.2. The number of anilines is 1. The number of benzene rings is 1. The zero-order valence-corrected chi connectivity index (χ0v) is 12.2. The van der Waals surface area contributed by atoms with Gasteiger partial charge in [-0.3, -0.25) is 4.79 Å². The number of aryl methyl sites for hydroxylation is 1. The first-order valence-electron chi connectivity index (χ1n) is 6.90. The summed E-state index contributed by atoms with van der Waals surface area (Å²) in [5, 5.41) is 2.91. The SMILES string of the molecule is CCOCCC(=O)Nc1ccc(C#CCN)cc1CC. The molecule has 108 valence electrons. The maximum Gasteiger partial charge on any atom is 0.226 e. The number of nitrogens with two attached hydrogens (primary N) is 1. The molecule has 1 amide bonds. The van der Waals surface area contributed by atoms with E-state index in [0.29, 0.717) is 26.2 Å². The van der Waals surface area contributed by atoms with Crippen molar-refractivity contribution < 1.29 is 9.53 Å². The molecule has 0 radical (unpaired) electrons. The van der Waals surface area contributed by atoms with E-state index in [0.717, 1.165) is 23.2 Å². The highest BCUT2D eigenvalue weighted by molar-refractivity contribution is 5.91. The zero-order chi connectivity index (χ0) is 14.8. The highest BCUT2D eigenvalue weighted by Crippen LogP contribution is 2.18. The minimum atomic E-state index is -0.0334. The van der Waals surface area contributed by atoms with Gasteiger partial charge in [0.1, 0.15) is 0 Å². The average molecular weight is 274 g/mol. The van der Waals surface area contributed by atoms with Gasteiger partial charge in [0.15, 0.2) is 0 Å². The van der Waals surface area contributed by atoms with Gasteiger partial charge in [-0.05, 0) is 37.1 Å². The lowest BCUT2D eigenvalue weighted by molar-refractivity contribution is -0.117. The minimum absolute atomic E-state index is 0.0334. The normalized spacial score (nSPS) is 9.75. The lowest BCUT2D eigenvalue weighted by atomic mass is 10.1. The molecule has 1 rings (SSSR count). The lowest BCUT2D eigenvalue weighted by Crippen LogP contribution is -2.15. The van der Waals surface area contributed by atoms with Crippen molar-refractivity contribution in [2.45, 2.75) is 26.7 Å². The second-order valence-corrected chi connectivity index (χ2v) is 4.23. The minimum Gasteiger partial charge on any atom is -0.381 e. The summed E-state index contributed by atoms with van der Waals surface area (Å²) < 4.78 is 5.17. The van der Waals surface area contributed by atoms with E-state index in [1.165, 1.54) is 0 Å². The summed E-state index contributed by atoms with van der Waals surface area (Å²) in [6.07, 6.45) is 1.20. The van der Waals surface area contributed by atoms with Gasteiger partial charge in [0.25, 0.3) is 0 Å². The molecular weight excluding hydrogens is 252 g/mol. The molecule has 3 N–H and O–H groups in total. The smallest absolute Gasteiger partial charge is 0.226 e. The van der Waals surface area contributed by atoms with E-state index in [4.69, 9.17) is 10.5 Å². The van der Waals surface area contributed by atoms with Crippen LogP contribution in [-0.2, 0) is 16.0 Å². The van der Waals surface area contributed by atoms with Gasteiger partial charge in [0, 0.05) is 17.9 Å². The highest BCUT2D eigenvalue weighted by atomic mass is 16.5. The van der Waals surface area contributed by atoms with Crippen molar-refractivity contribution >= 4 is 11.6 Å². The molecule has 0 aliphatic carbocycles. The van der Waals surface area contributed by atoms with Gasteiger partial charge in [-0.25, -0.2) is 0 Å². The molecule has 0 aliphatic heterocycles. The van der Waals surface area contributed by atoms with Crippen molar-refractivity contribution in [3.63, 3.8) is 0 Å². The molecule has 0 heterocycles. The maximum absolute atomic E-state index is 11.8. The van der Waals surface area contributed by atoms with E-state index in [1.54, 1.807) is 0 Å². The third kappa shape index (κ3) is 5.43. The second kappa shape index (κ2) is 9.13. The van der Waals surface area contributed by atoms with Crippen LogP contribution in [0.25, 0.3) is 0 Å². The molecular formula is C16H22N2O2. The topological polar surface area (TPSA) is 64.3 Å². The number of carbonyl (C=O) groups is 1. The Hall–Kier alpha value is -1.83. The molecule has 0 spiro atoms. The van der Waals surface area contributed by atoms with Crippen molar-refractivity contribution in [2.75, 3.05) is 25.1 Å². The molecule has 0 atom stereocenters. The average Bonchev–Trinajstić information content (AvgIpc) is 2.46. The van der Waals surface area contributed by atoms with Gasteiger partial charge < -0.3 is 15.8 Å². The molecule has 0 aromatic heterocycles. The van der Waals surface area contributed by atoms with Crippen LogP contribution in [0.15, 0.2) is 18.2 Å². The van der Waals surface area contributed by atoms with E-state index >= 15 is 0 Å². The largest absolute Gasteiger partial charge is 0.381 e. The number of nitrogens with one attached hydrogen (secondary N) is 1. The zero-order valence-electron chi connectivity index (χ0n) is 12.2. The van der Waals surface area contributed by atoms with E-state index in [1.807, 2.05) is 32.0 Å². The van der Waals surface area contributed by atoms with Crippen LogP contribution >= 0.6 is 0 Å². The number of rotatable bonds is 6. The molecule has 0 aliphatic rings. The predicted molar refractivity (Wildman–Crippen MR) is 81.5 cm³/mol. The van der Waals surface area contributed by atoms with E-state index in [-0.39, 0.29) is 5.91 Å². The lowest BCUT2D eigenvalue weighted by Gasteiger charge is -2.10. The molecule has 4 nitrogen and oxygen atoms in total. The fourth-order valence-electron chi connectivity index (χ4n) is 1.76. The summed E-state index contributed by atoms with van der Waals surface area (Å²) in [6.45, 7) is 5.38. The van der Waals surface area contributed by atoms with Crippen LogP contribution in [0.2, 0.25) is 0 Å². The fourth-order valence-corrected chi connectivity index (χ4v) is 1.76. The maximum atomic E-state index is 11.8. The fraction of sp³-hybridized carbons (Fsp3) is 0.438. The van der Waals surface area contributed by atoms with E-state index in [2.05, 4.69) is 17.2 Å². The molecule has 0 saturated heterocycles. The Bertz CT molecular complexity index is 501. The Balaban J connectivity index is 2.72. The van der Waals surface area contributed by atoms with Crippen LogP contribution < -0.4 is 11.1 Å². The Kier molecular flexibility index (Phi) is 7.41. The van der Waals surface area contributed by atoms with Gasteiger partial charge in [-0.15, -0.1) is 0 Å². The number of amides is 1. The highest BCUT2D eigenvalue weighted by Gasteiger charge is 2.06. The van der Waals surface area contributed by atoms with Crippen LogP contribution in [0.3, 0.4) is 0 Å². The van der Waals surface area contributed by atoms with Gasteiger partial charge in [-0.1, -0.05) is 18.8 Å². The standard InChI is InChI=1S/C16H22N2O2/c1-3-14-12-13(6-5-10-17)7-8-15(14)18-16(19)9-11-20-4-2/h7-8,12H,3-4,9-11,17H2,1-2H3,(H,18,19). The monoisotopic (exact) mass is 274 g/mol. The quantitative estimate of drug-likeness (QED) is 0.615. The molecule has 4 heteroatoms. The third-order valence-electron chi connectivity index (χ3n) is 2.77. The summed E-state index contributed by atoms with van der Waals surface area (Å²) >= 11 is 0. The summed E-state index contributed by atoms with van der Waals surface area (Å²) in [7, 11) is 0. The third-order valence-corrected chi connectivity index (χ3v) is 2.77. The Morgan fingerprint density at radius 2 is 2.20 bits per heavy atom. The molecule has 1 aromatic carbocycles. The van der Waals surface area contributed by atoms with E-state index < -0.39 is 0 Å².